The largest absolute Gasteiger partial charge is 0.461 e. The molecule has 0 saturated carbocycles. The molecule has 0 radical (unpaired) electrons. The van der Waals surface area contributed by atoms with Gasteiger partial charge in [0.2, 0.25) is 0 Å². The van der Waals surface area contributed by atoms with Gasteiger partial charge in [-0.2, -0.15) is 0 Å². The predicted octanol–water partition coefficient (Wildman–Crippen LogP) is 5.66. The van der Waals surface area contributed by atoms with Crippen molar-refractivity contribution in [3.63, 3.8) is 0 Å². The van der Waals surface area contributed by atoms with E-state index < -0.39 is 0 Å². The second kappa shape index (κ2) is 9.19. The van der Waals surface area contributed by atoms with Gasteiger partial charge in [0.25, 0.3) is 0 Å². The Hall–Kier alpha value is -2.03. The van der Waals surface area contributed by atoms with Crippen LogP contribution in [0.25, 0.3) is 17.0 Å². The molecule has 2 aromatic rings. The molecule has 1 heterocycles. The average molecular weight is 315 g/mol. The highest BCUT2D eigenvalue weighted by atomic mass is 16.5. The van der Waals surface area contributed by atoms with Gasteiger partial charge in [-0.15, -0.1) is 0 Å². The van der Waals surface area contributed by atoms with Crippen molar-refractivity contribution in [2.24, 2.45) is 0 Å². The van der Waals surface area contributed by atoms with Gasteiger partial charge in [-0.05, 0) is 49.9 Å². The van der Waals surface area contributed by atoms with E-state index in [9.17, 15) is 4.79 Å². The van der Waals surface area contributed by atoms with E-state index in [1.165, 1.54) is 11.1 Å². The molecule has 0 saturated heterocycles. The minimum Gasteiger partial charge on any atom is -0.461 e. The number of hydrogen-bond acceptors (Lipinski definition) is 2. The van der Waals surface area contributed by atoms with E-state index in [-0.39, 0.29) is 5.97 Å². The van der Waals surface area contributed by atoms with E-state index in [0.717, 1.165) is 29.3 Å². The minimum atomic E-state index is -0.283. The first-order valence-electron chi connectivity index (χ1n) is 8.57. The Morgan fingerprint density at radius 3 is 2.52 bits per heavy atom. The van der Waals surface area contributed by atoms with Gasteiger partial charge in [0.05, 0.1) is 6.61 Å². The van der Waals surface area contributed by atoms with Crippen LogP contribution >= 0.6 is 0 Å². The van der Waals surface area contributed by atoms with Gasteiger partial charge in [0.15, 0.2) is 0 Å². The lowest BCUT2D eigenvalue weighted by molar-refractivity contribution is 0.0520. The number of fused-ring (bicyclic) bond motifs is 1. The number of esters is 1. The molecule has 0 aliphatic heterocycles. The highest BCUT2D eigenvalue weighted by Gasteiger charge is 2.18. The number of aromatic amines is 1. The molecule has 0 spiro atoms. The molecular formula is C20H29NO2. The fourth-order valence-corrected chi connectivity index (χ4v) is 2.78. The number of hydrogen-bond donors (Lipinski definition) is 1. The topological polar surface area (TPSA) is 42.1 Å². The first-order valence-corrected chi connectivity index (χ1v) is 8.57. The van der Waals surface area contributed by atoms with Gasteiger partial charge >= 0.3 is 5.97 Å². The van der Waals surface area contributed by atoms with Gasteiger partial charge in [-0.3, -0.25) is 0 Å². The van der Waals surface area contributed by atoms with E-state index in [0.29, 0.717) is 12.3 Å². The van der Waals surface area contributed by atoms with Crippen molar-refractivity contribution in [3.05, 3.63) is 40.6 Å². The molecule has 1 N–H and O–H groups in total. The van der Waals surface area contributed by atoms with Crippen molar-refractivity contribution >= 4 is 22.9 Å². The third kappa shape index (κ3) is 4.04. The second-order valence-electron chi connectivity index (χ2n) is 5.16. The van der Waals surface area contributed by atoms with E-state index in [2.05, 4.69) is 30.1 Å². The zero-order valence-electron chi connectivity index (χ0n) is 15.2. The Kier molecular flexibility index (Phi) is 7.60. The molecule has 0 bridgehead atoms. The molecule has 1 aromatic heterocycles. The van der Waals surface area contributed by atoms with Crippen molar-refractivity contribution < 1.29 is 9.53 Å². The molecule has 3 heteroatoms. The Balaban J connectivity index is 0.00000127. The van der Waals surface area contributed by atoms with Crippen LogP contribution in [0.2, 0.25) is 0 Å². The Bertz CT molecular complexity index is 680. The number of ether oxygens (including phenoxy) is 1. The van der Waals surface area contributed by atoms with Crippen molar-refractivity contribution in [1.82, 2.24) is 4.98 Å². The lowest BCUT2D eigenvalue weighted by atomic mass is 9.96. The van der Waals surface area contributed by atoms with Gasteiger partial charge in [-0.25, -0.2) is 4.79 Å². The number of rotatable bonds is 5. The van der Waals surface area contributed by atoms with E-state index in [1.54, 1.807) is 0 Å². The summed E-state index contributed by atoms with van der Waals surface area (Å²) in [6.07, 6.45) is 6.31. The smallest absolute Gasteiger partial charge is 0.355 e. The second-order valence-corrected chi connectivity index (χ2v) is 5.16. The van der Waals surface area contributed by atoms with Crippen molar-refractivity contribution in [2.45, 2.75) is 54.4 Å². The molecule has 23 heavy (non-hydrogen) atoms. The number of nitrogens with one attached hydrogen (secondary N) is 1. The first-order chi connectivity index (χ1) is 11.1. The molecule has 0 fully saturated rings. The van der Waals surface area contributed by atoms with E-state index in [4.69, 9.17) is 4.74 Å². The third-order valence-electron chi connectivity index (χ3n) is 3.68. The lowest BCUT2D eigenvalue weighted by Crippen LogP contribution is -2.06. The summed E-state index contributed by atoms with van der Waals surface area (Å²) >= 11 is 0. The van der Waals surface area contributed by atoms with E-state index >= 15 is 0 Å². The third-order valence-corrected chi connectivity index (χ3v) is 3.68. The van der Waals surface area contributed by atoms with Crippen molar-refractivity contribution in [1.29, 1.82) is 0 Å². The van der Waals surface area contributed by atoms with Crippen LogP contribution in [0.1, 0.15) is 68.2 Å². The van der Waals surface area contributed by atoms with Crippen LogP contribution in [0.15, 0.2) is 18.2 Å². The molecule has 3 nitrogen and oxygen atoms in total. The molecule has 0 aliphatic rings. The van der Waals surface area contributed by atoms with Crippen molar-refractivity contribution in [2.75, 3.05) is 6.61 Å². The van der Waals surface area contributed by atoms with Crippen LogP contribution in [-0.2, 0) is 11.2 Å². The normalized spacial score (nSPS) is 10.7. The summed E-state index contributed by atoms with van der Waals surface area (Å²) in [5.74, 6) is -0.283. The van der Waals surface area contributed by atoms with Gasteiger partial charge < -0.3 is 9.72 Å². The first kappa shape index (κ1) is 19.0. The summed E-state index contributed by atoms with van der Waals surface area (Å²) in [6.45, 7) is 12.4. The lowest BCUT2D eigenvalue weighted by Gasteiger charge is -2.07. The summed E-state index contributed by atoms with van der Waals surface area (Å²) in [4.78, 5) is 15.3. The quantitative estimate of drug-likeness (QED) is 0.723. The highest BCUT2D eigenvalue weighted by molar-refractivity contribution is 6.01. The maximum Gasteiger partial charge on any atom is 0.355 e. The average Bonchev–Trinajstić information content (AvgIpc) is 2.89. The van der Waals surface area contributed by atoms with Crippen LogP contribution in [0.3, 0.4) is 0 Å². The molecule has 1 aromatic carbocycles. The van der Waals surface area contributed by atoms with Crippen molar-refractivity contribution in [3.8, 4) is 0 Å². The molecule has 0 aliphatic carbocycles. The number of allylic oxidation sites excluding steroid dienone is 1. The Morgan fingerprint density at radius 2 is 1.96 bits per heavy atom. The SMILES string of the molecule is C/C=C\c1c(CCC)ccc2[nH]c(C(=O)OCC)c(C)c12.CC. The number of carbonyl (C=O) groups excluding carboxylic acids is 1. The van der Waals surface area contributed by atoms with Crippen LogP contribution in [0.5, 0.6) is 0 Å². The Morgan fingerprint density at radius 1 is 1.26 bits per heavy atom. The Labute approximate surface area is 139 Å². The van der Waals surface area contributed by atoms with Gasteiger partial charge in [0.1, 0.15) is 5.69 Å². The predicted molar refractivity (Wildman–Crippen MR) is 99.0 cm³/mol. The minimum absolute atomic E-state index is 0.283. The zero-order chi connectivity index (χ0) is 17.4. The molecule has 0 amide bonds. The maximum atomic E-state index is 12.0. The van der Waals surface area contributed by atoms with Crippen LogP contribution in [-0.4, -0.2) is 17.6 Å². The van der Waals surface area contributed by atoms with Gasteiger partial charge in [-0.1, -0.05) is 45.4 Å². The number of carbonyl (C=O) groups is 1. The monoisotopic (exact) mass is 315 g/mol. The molecule has 0 atom stereocenters. The maximum absolute atomic E-state index is 12.0. The summed E-state index contributed by atoms with van der Waals surface area (Å²) in [6, 6.07) is 4.20. The van der Waals surface area contributed by atoms with Crippen LogP contribution in [0, 0.1) is 6.92 Å². The molecular weight excluding hydrogens is 286 g/mol. The molecule has 2 rings (SSSR count). The zero-order valence-corrected chi connectivity index (χ0v) is 15.2. The highest BCUT2D eigenvalue weighted by Crippen LogP contribution is 2.30. The number of aromatic nitrogens is 1. The summed E-state index contributed by atoms with van der Waals surface area (Å²) in [7, 11) is 0. The number of benzene rings is 1. The van der Waals surface area contributed by atoms with Crippen LogP contribution in [0.4, 0.5) is 0 Å². The summed E-state index contributed by atoms with van der Waals surface area (Å²) < 4.78 is 5.13. The number of aryl methyl sites for hydroxylation is 2. The number of H-pyrrole nitrogens is 1. The van der Waals surface area contributed by atoms with Gasteiger partial charge in [0, 0.05) is 10.9 Å². The summed E-state index contributed by atoms with van der Waals surface area (Å²) in [5, 5.41) is 1.13. The fourth-order valence-electron chi connectivity index (χ4n) is 2.78. The fraction of sp³-hybridized carbons (Fsp3) is 0.450. The van der Waals surface area contributed by atoms with Crippen LogP contribution < -0.4 is 0 Å². The van der Waals surface area contributed by atoms with E-state index in [1.807, 2.05) is 40.7 Å². The molecule has 126 valence electrons. The molecule has 0 unspecified atom stereocenters. The summed E-state index contributed by atoms with van der Waals surface area (Å²) in [5.41, 5.74) is 5.05. The standard InChI is InChI=1S/C18H23NO2.C2H6/c1-5-8-13-10-11-15-16(14(13)9-6-2)12(4)17(19-15)18(20)21-7-3;1-2/h6,9-11,19H,5,7-8H2,1-4H3;1-2H3/b9-6-;.